The zero-order valence-electron chi connectivity index (χ0n) is 17.7. The molecule has 1 aliphatic heterocycles. The number of imide groups is 1. The van der Waals surface area contributed by atoms with Gasteiger partial charge in [-0.1, -0.05) is 59.1 Å². The zero-order chi connectivity index (χ0) is 24.5. The largest absolute Gasteiger partial charge is 0.379 e. The number of carbonyl (C=O) groups excluding carboxylic acids is 2. The molecule has 0 radical (unpaired) electrons. The number of thioether (sulfide) groups is 1. The Morgan fingerprint density at radius 2 is 1.56 bits per heavy atom. The number of carbonyl (C=O) groups is 2. The molecule has 0 spiro atoms. The second-order valence-electron chi connectivity index (χ2n) is 7.39. The SMILES string of the molecule is Cc1ccc(S(=O)(=O)Oc2ccc(/C=C3\SC(=O)N(Cc4c(Cl)cccc4Cl)C3=O)cc2)cc1. The molecule has 3 aromatic carbocycles. The lowest BCUT2D eigenvalue weighted by molar-refractivity contribution is -0.123. The van der Waals surface area contributed by atoms with Crippen molar-refractivity contribution < 1.29 is 22.2 Å². The molecule has 4 rings (SSSR count). The smallest absolute Gasteiger partial charge is 0.339 e. The van der Waals surface area contributed by atoms with Crippen LogP contribution in [0.5, 0.6) is 5.75 Å². The Morgan fingerprint density at radius 1 is 0.941 bits per heavy atom. The molecule has 1 heterocycles. The molecule has 0 aromatic heterocycles. The third-order valence-corrected chi connectivity index (χ3v) is 7.82. The highest BCUT2D eigenvalue weighted by molar-refractivity contribution is 8.18. The lowest BCUT2D eigenvalue weighted by atomic mass is 10.2. The monoisotopic (exact) mass is 533 g/mol. The fourth-order valence-electron chi connectivity index (χ4n) is 3.13. The standard InChI is InChI=1S/C24H17Cl2NO5S2/c1-15-5-11-18(12-6-15)34(30,31)32-17-9-7-16(8-10-17)13-22-23(28)27(24(29)33-22)14-19-20(25)3-2-4-21(19)26/h2-13H,14H2,1H3/b22-13-. The van der Waals surface area contributed by atoms with Crippen LogP contribution in [0.25, 0.3) is 6.08 Å². The van der Waals surface area contributed by atoms with E-state index in [9.17, 15) is 18.0 Å². The first kappa shape index (κ1) is 24.3. The van der Waals surface area contributed by atoms with E-state index in [1.54, 1.807) is 48.5 Å². The quantitative estimate of drug-likeness (QED) is 0.273. The van der Waals surface area contributed by atoms with Crippen molar-refractivity contribution >= 4 is 62.3 Å². The molecule has 1 aliphatic rings. The molecule has 0 aliphatic carbocycles. The molecule has 1 fully saturated rings. The summed E-state index contributed by atoms with van der Waals surface area (Å²) in [6, 6.07) is 17.4. The Balaban J connectivity index is 1.48. The third kappa shape index (κ3) is 5.31. The number of nitrogens with zero attached hydrogens (tertiary/aromatic N) is 1. The van der Waals surface area contributed by atoms with Gasteiger partial charge in [-0.3, -0.25) is 14.5 Å². The van der Waals surface area contributed by atoms with Gasteiger partial charge in [-0.05, 0) is 66.7 Å². The van der Waals surface area contributed by atoms with Gasteiger partial charge < -0.3 is 4.18 Å². The molecule has 3 aromatic rings. The number of rotatable bonds is 6. The Labute approximate surface area is 211 Å². The van der Waals surface area contributed by atoms with E-state index in [1.807, 2.05) is 6.92 Å². The average molecular weight is 534 g/mol. The van der Waals surface area contributed by atoms with Crippen LogP contribution in [0.4, 0.5) is 4.79 Å². The van der Waals surface area contributed by atoms with Gasteiger partial charge in [0.1, 0.15) is 10.6 Å². The predicted molar refractivity (Wildman–Crippen MR) is 133 cm³/mol. The van der Waals surface area contributed by atoms with Gasteiger partial charge in [0.05, 0.1) is 11.4 Å². The first-order valence-corrected chi connectivity index (χ1v) is 12.9. The van der Waals surface area contributed by atoms with Gasteiger partial charge in [-0.25, -0.2) is 0 Å². The second kappa shape index (κ2) is 9.84. The van der Waals surface area contributed by atoms with E-state index in [1.165, 1.54) is 24.3 Å². The van der Waals surface area contributed by atoms with Crippen molar-refractivity contribution in [1.82, 2.24) is 4.90 Å². The van der Waals surface area contributed by atoms with Crippen molar-refractivity contribution in [2.45, 2.75) is 18.4 Å². The normalized spacial score (nSPS) is 15.3. The summed E-state index contributed by atoms with van der Waals surface area (Å²) in [7, 11) is -3.97. The van der Waals surface area contributed by atoms with Gasteiger partial charge in [0, 0.05) is 15.6 Å². The lowest BCUT2D eigenvalue weighted by Crippen LogP contribution is -2.27. The lowest BCUT2D eigenvalue weighted by Gasteiger charge is -2.14. The first-order chi connectivity index (χ1) is 16.1. The molecule has 6 nitrogen and oxygen atoms in total. The van der Waals surface area contributed by atoms with E-state index in [0.717, 1.165) is 22.2 Å². The number of amides is 2. The fourth-order valence-corrected chi connectivity index (χ4v) is 5.41. The minimum Gasteiger partial charge on any atom is -0.379 e. The van der Waals surface area contributed by atoms with Gasteiger partial charge in [-0.2, -0.15) is 8.42 Å². The minimum atomic E-state index is -3.97. The highest BCUT2D eigenvalue weighted by Gasteiger charge is 2.35. The van der Waals surface area contributed by atoms with Crippen molar-refractivity contribution in [2.24, 2.45) is 0 Å². The van der Waals surface area contributed by atoms with Crippen LogP contribution < -0.4 is 4.18 Å². The molecule has 0 bridgehead atoms. The summed E-state index contributed by atoms with van der Waals surface area (Å²) in [6.07, 6.45) is 1.55. The van der Waals surface area contributed by atoms with Crippen LogP contribution in [-0.2, 0) is 21.5 Å². The summed E-state index contributed by atoms with van der Waals surface area (Å²) in [4.78, 5) is 26.6. The third-order valence-electron chi connectivity index (χ3n) is 4.94. The second-order valence-corrected chi connectivity index (χ2v) is 10.7. The van der Waals surface area contributed by atoms with E-state index >= 15 is 0 Å². The van der Waals surface area contributed by atoms with E-state index in [2.05, 4.69) is 0 Å². The fraction of sp³-hybridized carbons (Fsp3) is 0.0833. The van der Waals surface area contributed by atoms with E-state index in [0.29, 0.717) is 21.2 Å². The van der Waals surface area contributed by atoms with Crippen molar-refractivity contribution in [1.29, 1.82) is 0 Å². The minimum absolute atomic E-state index is 0.0375. The van der Waals surface area contributed by atoms with Gasteiger partial charge in [-0.15, -0.1) is 0 Å². The van der Waals surface area contributed by atoms with E-state index in [4.69, 9.17) is 27.4 Å². The molecule has 174 valence electrons. The maximum atomic E-state index is 12.8. The molecular formula is C24H17Cl2NO5S2. The average Bonchev–Trinajstić information content (AvgIpc) is 3.05. The highest BCUT2D eigenvalue weighted by Crippen LogP contribution is 2.35. The molecule has 2 amide bonds. The molecular weight excluding hydrogens is 517 g/mol. The molecule has 10 heteroatoms. The number of halogens is 2. The van der Waals surface area contributed by atoms with Gasteiger partial charge in [0.15, 0.2) is 0 Å². The van der Waals surface area contributed by atoms with Crippen LogP contribution >= 0.6 is 35.0 Å². The molecule has 1 saturated heterocycles. The number of benzene rings is 3. The van der Waals surface area contributed by atoms with E-state index in [-0.39, 0.29) is 22.1 Å². The maximum Gasteiger partial charge on any atom is 0.339 e. The molecule has 0 saturated carbocycles. The van der Waals surface area contributed by atoms with Crippen molar-refractivity contribution in [3.63, 3.8) is 0 Å². The van der Waals surface area contributed by atoms with Gasteiger partial charge in [0.2, 0.25) is 0 Å². The Bertz CT molecular complexity index is 1380. The number of hydrogen-bond acceptors (Lipinski definition) is 6. The Kier molecular flexibility index (Phi) is 7.04. The van der Waals surface area contributed by atoms with Crippen molar-refractivity contribution in [3.05, 3.63) is 98.4 Å². The maximum absolute atomic E-state index is 12.8. The van der Waals surface area contributed by atoms with Crippen LogP contribution in [0.15, 0.2) is 76.5 Å². The number of aryl methyl sites for hydroxylation is 1. The van der Waals surface area contributed by atoms with Crippen molar-refractivity contribution in [2.75, 3.05) is 0 Å². The summed E-state index contributed by atoms with van der Waals surface area (Å²) in [5.74, 6) is -0.340. The number of hydrogen-bond donors (Lipinski definition) is 0. The molecule has 0 atom stereocenters. The Morgan fingerprint density at radius 3 is 2.18 bits per heavy atom. The summed E-state index contributed by atoms with van der Waals surface area (Å²) in [5.41, 5.74) is 2.02. The van der Waals surface area contributed by atoms with Crippen molar-refractivity contribution in [3.8, 4) is 5.75 Å². The van der Waals surface area contributed by atoms with E-state index < -0.39 is 21.3 Å². The molecule has 0 N–H and O–H groups in total. The molecule has 34 heavy (non-hydrogen) atoms. The summed E-state index contributed by atoms with van der Waals surface area (Å²) < 4.78 is 30.1. The first-order valence-electron chi connectivity index (χ1n) is 9.93. The summed E-state index contributed by atoms with van der Waals surface area (Å²) >= 11 is 13.1. The van der Waals surface area contributed by atoms with Crippen LogP contribution in [0.1, 0.15) is 16.7 Å². The zero-order valence-corrected chi connectivity index (χ0v) is 20.8. The summed E-state index contributed by atoms with van der Waals surface area (Å²) in [5, 5.41) is 0.301. The topological polar surface area (TPSA) is 80.8 Å². The van der Waals surface area contributed by atoms with Crippen LogP contribution in [-0.4, -0.2) is 24.5 Å². The van der Waals surface area contributed by atoms with Crippen LogP contribution in [0.2, 0.25) is 10.0 Å². The van der Waals surface area contributed by atoms with Crippen LogP contribution in [0, 0.1) is 6.92 Å². The molecule has 0 unspecified atom stereocenters. The van der Waals surface area contributed by atoms with Gasteiger partial charge in [0.25, 0.3) is 11.1 Å². The summed E-state index contributed by atoms with van der Waals surface area (Å²) in [6.45, 7) is 1.82. The predicted octanol–water partition coefficient (Wildman–Crippen LogP) is 6.31. The van der Waals surface area contributed by atoms with Gasteiger partial charge >= 0.3 is 10.1 Å². The Hall–Kier alpha value is -2.78. The van der Waals surface area contributed by atoms with Crippen LogP contribution in [0.3, 0.4) is 0 Å². The highest BCUT2D eigenvalue weighted by atomic mass is 35.5.